The summed E-state index contributed by atoms with van der Waals surface area (Å²) in [6.45, 7) is 1.99. The summed E-state index contributed by atoms with van der Waals surface area (Å²) in [7, 11) is 0. The molecule has 2 aromatic carbocycles. The van der Waals surface area contributed by atoms with Gasteiger partial charge >= 0.3 is 0 Å². The number of hydrogen-bond donors (Lipinski definition) is 1. The molecule has 0 saturated carbocycles. The Balaban J connectivity index is 1.84. The monoisotopic (exact) mass is 395 g/mol. The van der Waals surface area contributed by atoms with Crippen LogP contribution >= 0.6 is 23.2 Å². The number of fused-ring (bicyclic) bond motifs is 1. The average molecular weight is 396 g/mol. The normalized spacial score (nSPS) is 10.9. The second-order valence-electron chi connectivity index (χ2n) is 6.22. The van der Waals surface area contributed by atoms with Gasteiger partial charge in [0.15, 0.2) is 0 Å². The van der Waals surface area contributed by atoms with Gasteiger partial charge in [-0.1, -0.05) is 41.4 Å². The maximum atomic E-state index is 12.8. The Morgan fingerprint density at radius 2 is 1.78 bits per heavy atom. The first-order valence-electron chi connectivity index (χ1n) is 8.33. The van der Waals surface area contributed by atoms with Crippen molar-refractivity contribution in [3.63, 3.8) is 0 Å². The van der Waals surface area contributed by atoms with Crippen molar-refractivity contribution >= 4 is 40.6 Å². The third-order valence-electron chi connectivity index (χ3n) is 4.20. The molecule has 0 bridgehead atoms. The van der Waals surface area contributed by atoms with Crippen molar-refractivity contribution < 1.29 is 4.79 Å². The zero-order chi connectivity index (χ0) is 19.0. The summed E-state index contributed by atoms with van der Waals surface area (Å²) in [5.41, 5.74) is 3.79. The van der Waals surface area contributed by atoms with E-state index in [-0.39, 0.29) is 5.91 Å². The number of hydrogen-bond acceptors (Lipinski definition) is 2. The lowest BCUT2D eigenvalue weighted by molar-refractivity contribution is 0.102. The smallest absolute Gasteiger partial charge is 0.256 e. The van der Waals surface area contributed by atoms with Crippen molar-refractivity contribution in [3.05, 3.63) is 88.0 Å². The van der Waals surface area contributed by atoms with Crippen LogP contribution in [0, 0.1) is 6.92 Å². The molecule has 4 aromatic rings. The summed E-state index contributed by atoms with van der Waals surface area (Å²) in [5.74, 6) is 0.356. The molecule has 0 saturated heterocycles. The second-order valence-corrected chi connectivity index (χ2v) is 7.09. The lowest BCUT2D eigenvalue weighted by Gasteiger charge is -2.09. The number of halogens is 2. The van der Waals surface area contributed by atoms with Gasteiger partial charge in [-0.3, -0.25) is 9.20 Å². The molecular weight excluding hydrogens is 381 g/mol. The highest BCUT2D eigenvalue weighted by Gasteiger charge is 2.17. The van der Waals surface area contributed by atoms with Crippen LogP contribution in [0.2, 0.25) is 10.0 Å². The van der Waals surface area contributed by atoms with Crippen LogP contribution in [0.15, 0.2) is 66.9 Å². The molecule has 6 heteroatoms. The Morgan fingerprint density at radius 1 is 1.00 bits per heavy atom. The van der Waals surface area contributed by atoms with Gasteiger partial charge in [0.05, 0.1) is 0 Å². The summed E-state index contributed by atoms with van der Waals surface area (Å²) in [6, 6.07) is 18.0. The van der Waals surface area contributed by atoms with E-state index in [0.29, 0.717) is 27.1 Å². The predicted molar refractivity (Wildman–Crippen MR) is 110 cm³/mol. The summed E-state index contributed by atoms with van der Waals surface area (Å²) < 4.78 is 1.87. The molecule has 1 amide bonds. The average Bonchev–Trinajstić information content (AvgIpc) is 3.00. The number of carbonyl (C=O) groups excluding carboxylic acids is 1. The minimum absolute atomic E-state index is 0.238. The minimum atomic E-state index is -0.238. The molecule has 0 radical (unpaired) electrons. The molecular formula is C21H15Cl2N3O. The highest BCUT2D eigenvalue weighted by atomic mass is 35.5. The zero-order valence-corrected chi connectivity index (χ0v) is 15.9. The Morgan fingerprint density at radius 3 is 2.52 bits per heavy atom. The van der Waals surface area contributed by atoms with E-state index >= 15 is 0 Å². The van der Waals surface area contributed by atoms with Crippen LogP contribution in [-0.2, 0) is 0 Å². The van der Waals surface area contributed by atoms with E-state index in [2.05, 4.69) is 5.32 Å². The molecule has 134 valence electrons. The summed E-state index contributed by atoms with van der Waals surface area (Å²) >= 11 is 12.1. The number of pyridine rings is 1. The maximum absolute atomic E-state index is 12.8. The van der Waals surface area contributed by atoms with Gasteiger partial charge < -0.3 is 5.32 Å². The van der Waals surface area contributed by atoms with E-state index in [1.807, 2.05) is 47.9 Å². The fourth-order valence-corrected chi connectivity index (χ4v) is 3.20. The number of amides is 1. The summed E-state index contributed by atoms with van der Waals surface area (Å²) in [4.78, 5) is 17.5. The molecule has 0 fully saturated rings. The van der Waals surface area contributed by atoms with Crippen molar-refractivity contribution in [2.24, 2.45) is 0 Å². The fourth-order valence-electron chi connectivity index (χ4n) is 2.89. The molecule has 4 nitrogen and oxygen atoms in total. The van der Waals surface area contributed by atoms with E-state index in [1.54, 1.807) is 30.3 Å². The van der Waals surface area contributed by atoms with E-state index in [9.17, 15) is 4.79 Å². The molecule has 2 heterocycles. The Kier molecular flexibility index (Phi) is 4.60. The molecule has 27 heavy (non-hydrogen) atoms. The molecule has 0 aliphatic heterocycles. The van der Waals surface area contributed by atoms with Gasteiger partial charge in [0.2, 0.25) is 0 Å². The van der Waals surface area contributed by atoms with E-state index in [1.165, 1.54) is 0 Å². The molecule has 2 aromatic heterocycles. The topological polar surface area (TPSA) is 46.4 Å². The quantitative estimate of drug-likeness (QED) is 0.471. The van der Waals surface area contributed by atoms with Gasteiger partial charge in [-0.05, 0) is 55.0 Å². The lowest BCUT2D eigenvalue weighted by atomic mass is 10.1. The number of carbonyl (C=O) groups is 1. The predicted octanol–water partition coefficient (Wildman–Crippen LogP) is 5.87. The Hall–Kier alpha value is -2.82. The van der Waals surface area contributed by atoms with Crippen molar-refractivity contribution in [2.75, 3.05) is 5.32 Å². The zero-order valence-electron chi connectivity index (χ0n) is 14.4. The number of nitrogens with one attached hydrogen (secondary N) is 1. The molecule has 0 atom stereocenters. The highest BCUT2D eigenvalue weighted by molar-refractivity contribution is 6.31. The summed E-state index contributed by atoms with van der Waals surface area (Å²) in [5, 5.41) is 4.18. The molecule has 1 N–H and O–H groups in total. The van der Waals surface area contributed by atoms with Gasteiger partial charge in [0.1, 0.15) is 17.2 Å². The van der Waals surface area contributed by atoms with Gasteiger partial charge in [0, 0.05) is 27.4 Å². The van der Waals surface area contributed by atoms with Crippen molar-refractivity contribution in [1.82, 2.24) is 9.38 Å². The Labute approximate surface area is 166 Å². The highest BCUT2D eigenvalue weighted by Crippen LogP contribution is 2.31. The van der Waals surface area contributed by atoms with Crippen molar-refractivity contribution in [1.29, 1.82) is 0 Å². The first kappa shape index (κ1) is 17.6. The van der Waals surface area contributed by atoms with Gasteiger partial charge in [-0.2, -0.15) is 0 Å². The standard InChI is InChI=1S/C21H15Cl2N3O/c1-13-5-10-18-24-19(15-3-2-4-17(23)11-15)20(26(18)12-13)25-21(27)14-6-8-16(22)9-7-14/h2-12H,1H3,(H,25,27). The van der Waals surface area contributed by atoms with Crippen LogP contribution in [0.5, 0.6) is 0 Å². The number of anilines is 1. The Bertz CT molecular complexity index is 1150. The summed E-state index contributed by atoms with van der Waals surface area (Å²) in [6.07, 6.45) is 1.94. The van der Waals surface area contributed by atoms with Crippen LogP contribution in [-0.4, -0.2) is 15.3 Å². The number of rotatable bonds is 3. The SMILES string of the molecule is Cc1ccc2nc(-c3cccc(Cl)c3)c(NC(=O)c3ccc(Cl)cc3)n2c1. The number of benzene rings is 2. The third-order valence-corrected chi connectivity index (χ3v) is 4.69. The number of nitrogens with zero attached hydrogens (tertiary/aromatic N) is 2. The van der Waals surface area contributed by atoms with E-state index in [0.717, 1.165) is 16.8 Å². The van der Waals surface area contributed by atoms with Crippen LogP contribution in [0.3, 0.4) is 0 Å². The molecule has 0 unspecified atom stereocenters. The van der Waals surface area contributed by atoms with Gasteiger partial charge in [-0.25, -0.2) is 4.98 Å². The van der Waals surface area contributed by atoms with Crippen LogP contribution in [0.1, 0.15) is 15.9 Å². The molecule has 4 rings (SSSR count). The molecule has 0 spiro atoms. The fraction of sp³-hybridized carbons (Fsp3) is 0.0476. The first-order chi connectivity index (χ1) is 13.0. The van der Waals surface area contributed by atoms with Gasteiger partial charge in [0.25, 0.3) is 5.91 Å². The molecule has 0 aliphatic rings. The van der Waals surface area contributed by atoms with Crippen molar-refractivity contribution in [3.8, 4) is 11.3 Å². The second kappa shape index (κ2) is 7.06. The maximum Gasteiger partial charge on any atom is 0.256 e. The van der Waals surface area contributed by atoms with Crippen LogP contribution in [0.25, 0.3) is 16.9 Å². The third kappa shape index (κ3) is 3.54. The van der Waals surface area contributed by atoms with E-state index in [4.69, 9.17) is 28.2 Å². The lowest BCUT2D eigenvalue weighted by Crippen LogP contribution is -2.14. The molecule has 0 aliphatic carbocycles. The number of aromatic nitrogens is 2. The number of imidazole rings is 1. The van der Waals surface area contributed by atoms with Crippen LogP contribution in [0.4, 0.5) is 5.82 Å². The minimum Gasteiger partial charge on any atom is -0.306 e. The largest absolute Gasteiger partial charge is 0.306 e. The first-order valence-corrected chi connectivity index (χ1v) is 9.08. The van der Waals surface area contributed by atoms with Crippen molar-refractivity contribution in [2.45, 2.75) is 6.92 Å². The van der Waals surface area contributed by atoms with E-state index < -0.39 is 0 Å². The van der Waals surface area contributed by atoms with Crippen LogP contribution < -0.4 is 5.32 Å². The number of aryl methyl sites for hydroxylation is 1. The van der Waals surface area contributed by atoms with Gasteiger partial charge in [-0.15, -0.1) is 0 Å².